The van der Waals surface area contributed by atoms with E-state index in [1.165, 1.54) is 5.56 Å². The van der Waals surface area contributed by atoms with Gasteiger partial charge in [0.1, 0.15) is 11.5 Å². The maximum Gasteiger partial charge on any atom is 0.220 e. The lowest BCUT2D eigenvalue weighted by Gasteiger charge is -2.47. The first-order chi connectivity index (χ1) is 10.0. The maximum absolute atomic E-state index is 11.7. The van der Waals surface area contributed by atoms with Gasteiger partial charge in [-0.3, -0.25) is 9.69 Å². The molecule has 2 saturated heterocycles. The summed E-state index contributed by atoms with van der Waals surface area (Å²) in [5.41, 5.74) is 1.22. The van der Waals surface area contributed by atoms with Gasteiger partial charge in [-0.1, -0.05) is 6.92 Å². The lowest BCUT2D eigenvalue weighted by Crippen LogP contribution is -2.61. The molecule has 0 unspecified atom stereocenters. The van der Waals surface area contributed by atoms with E-state index in [0.717, 1.165) is 50.3 Å². The zero-order chi connectivity index (χ0) is 15.0. The number of nitrogens with one attached hydrogen (secondary N) is 1. The minimum Gasteiger partial charge on any atom is -0.465 e. The molecule has 0 aliphatic carbocycles. The van der Waals surface area contributed by atoms with Crippen LogP contribution in [0.15, 0.2) is 10.5 Å². The van der Waals surface area contributed by atoms with Crippen molar-refractivity contribution in [2.45, 2.75) is 71.0 Å². The largest absolute Gasteiger partial charge is 0.465 e. The van der Waals surface area contributed by atoms with Gasteiger partial charge in [0.15, 0.2) is 0 Å². The second-order valence-corrected chi connectivity index (χ2v) is 6.65. The molecule has 0 aromatic carbocycles. The highest BCUT2D eigenvalue weighted by molar-refractivity contribution is 5.79. The van der Waals surface area contributed by atoms with Crippen molar-refractivity contribution in [2.75, 3.05) is 6.54 Å². The van der Waals surface area contributed by atoms with E-state index in [2.05, 4.69) is 30.1 Å². The molecule has 4 nitrogen and oxygen atoms in total. The van der Waals surface area contributed by atoms with Gasteiger partial charge >= 0.3 is 0 Å². The molecule has 0 saturated carbocycles. The normalized spacial score (nSPS) is 30.0. The van der Waals surface area contributed by atoms with Crippen LogP contribution in [-0.4, -0.2) is 28.9 Å². The zero-order valence-corrected chi connectivity index (χ0v) is 13.4. The Morgan fingerprint density at radius 2 is 2.24 bits per heavy atom. The van der Waals surface area contributed by atoms with E-state index in [0.29, 0.717) is 12.5 Å². The third kappa shape index (κ3) is 2.61. The van der Waals surface area contributed by atoms with Gasteiger partial charge in [-0.05, 0) is 57.7 Å². The number of carbonyl (C=O) groups excluding carboxylic acids is 1. The first-order valence-corrected chi connectivity index (χ1v) is 8.15. The van der Waals surface area contributed by atoms with Gasteiger partial charge < -0.3 is 9.73 Å². The summed E-state index contributed by atoms with van der Waals surface area (Å²) in [6.45, 7) is 8.28. The molecule has 3 rings (SSSR count). The monoisotopic (exact) mass is 290 g/mol. The molecule has 4 heteroatoms. The summed E-state index contributed by atoms with van der Waals surface area (Å²) in [4.78, 5) is 14.2. The first kappa shape index (κ1) is 14.6. The third-order valence-electron chi connectivity index (χ3n) is 5.30. The first-order valence-electron chi connectivity index (χ1n) is 8.15. The zero-order valence-electron chi connectivity index (χ0n) is 13.4. The summed E-state index contributed by atoms with van der Waals surface area (Å²) in [5.74, 6) is 2.28. The van der Waals surface area contributed by atoms with Gasteiger partial charge in [0.05, 0.1) is 12.1 Å². The van der Waals surface area contributed by atoms with Crippen LogP contribution in [0.3, 0.4) is 0 Å². The number of rotatable bonds is 3. The number of piperidine rings is 1. The van der Waals surface area contributed by atoms with E-state index < -0.39 is 0 Å². The fourth-order valence-corrected chi connectivity index (χ4v) is 4.21. The minimum absolute atomic E-state index is 0.000759. The molecule has 2 aliphatic heterocycles. The number of hydrogen-bond acceptors (Lipinski definition) is 3. The van der Waals surface area contributed by atoms with Gasteiger partial charge in [-0.25, -0.2) is 0 Å². The van der Waals surface area contributed by atoms with E-state index in [1.54, 1.807) is 0 Å². The Bertz CT molecular complexity index is 517. The van der Waals surface area contributed by atoms with Crippen LogP contribution in [0.4, 0.5) is 0 Å². The van der Waals surface area contributed by atoms with Gasteiger partial charge in [-0.2, -0.15) is 0 Å². The van der Waals surface area contributed by atoms with Crippen molar-refractivity contribution < 1.29 is 9.21 Å². The lowest BCUT2D eigenvalue weighted by atomic mass is 9.78. The molecule has 2 fully saturated rings. The highest BCUT2D eigenvalue weighted by Gasteiger charge is 2.47. The maximum atomic E-state index is 11.7. The molecule has 21 heavy (non-hydrogen) atoms. The second kappa shape index (κ2) is 5.48. The Kier molecular flexibility index (Phi) is 3.82. The summed E-state index contributed by atoms with van der Waals surface area (Å²) < 4.78 is 5.85. The van der Waals surface area contributed by atoms with Gasteiger partial charge in [0, 0.05) is 12.5 Å². The highest BCUT2D eigenvalue weighted by atomic mass is 16.3. The van der Waals surface area contributed by atoms with Crippen LogP contribution in [0, 0.1) is 13.8 Å². The molecule has 2 atom stereocenters. The van der Waals surface area contributed by atoms with Crippen LogP contribution in [-0.2, 0) is 11.3 Å². The smallest absolute Gasteiger partial charge is 0.220 e. The Morgan fingerprint density at radius 3 is 2.81 bits per heavy atom. The number of amides is 1. The number of hydrogen-bond donors (Lipinski definition) is 1. The molecular weight excluding hydrogens is 264 g/mol. The van der Waals surface area contributed by atoms with Crippen molar-refractivity contribution in [1.82, 2.24) is 10.2 Å². The average molecular weight is 290 g/mol. The van der Waals surface area contributed by atoms with Crippen molar-refractivity contribution in [2.24, 2.45) is 0 Å². The molecule has 1 spiro atoms. The van der Waals surface area contributed by atoms with E-state index in [-0.39, 0.29) is 11.4 Å². The van der Waals surface area contributed by atoms with E-state index in [4.69, 9.17) is 4.42 Å². The molecular formula is C17H26N2O2. The standard InChI is InChI=1S/C17H26N2O2/c1-4-15-17(8-6-16(20)18-17)7-5-9-19(15)11-14-10-12(2)13(3)21-14/h10,15H,4-9,11H2,1-3H3,(H,18,20)/t15-,17+/m1/s1. The third-order valence-corrected chi connectivity index (χ3v) is 5.30. The van der Waals surface area contributed by atoms with Crippen molar-refractivity contribution in [1.29, 1.82) is 0 Å². The predicted molar refractivity (Wildman–Crippen MR) is 82.0 cm³/mol. The molecule has 0 radical (unpaired) electrons. The number of nitrogens with zero attached hydrogens (tertiary/aromatic N) is 1. The van der Waals surface area contributed by atoms with E-state index in [1.807, 2.05) is 6.92 Å². The Labute approximate surface area is 126 Å². The summed E-state index contributed by atoms with van der Waals surface area (Å²) >= 11 is 0. The van der Waals surface area contributed by atoms with Crippen molar-refractivity contribution >= 4 is 5.91 Å². The summed E-state index contributed by atoms with van der Waals surface area (Å²) in [5, 5.41) is 3.29. The van der Waals surface area contributed by atoms with Crippen LogP contribution in [0.5, 0.6) is 0 Å². The fraction of sp³-hybridized carbons (Fsp3) is 0.706. The minimum atomic E-state index is 0.000759. The van der Waals surface area contributed by atoms with Gasteiger partial charge in [0.2, 0.25) is 5.91 Å². The molecule has 1 N–H and O–H groups in total. The number of likely N-dealkylation sites (tertiary alicyclic amines) is 1. The van der Waals surface area contributed by atoms with E-state index in [9.17, 15) is 4.79 Å². The predicted octanol–water partition coefficient (Wildman–Crippen LogP) is 2.92. The van der Waals surface area contributed by atoms with Gasteiger partial charge in [-0.15, -0.1) is 0 Å². The number of aryl methyl sites for hydroxylation is 2. The summed E-state index contributed by atoms with van der Waals surface area (Å²) in [7, 11) is 0. The molecule has 2 aliphatic rings. The molecule has 1 aromatic rings. The van der Waals surface area contributed by atoms with Gasteiger partial charge in [0.25, 0.3) is 0 Å². The summed E-state index contributed by atoms with van der Waals surface area (Å²) in [6.07, 6.45) is 5.00. The second-order valence-electron chi connectivity index (χ2n) is 6.65. The fourth-order valence-electron chi connectivity index (χ4n) is 4.21. The Balaban J connectivity index is 1.79. The Hall–Kier alpha value is -1.29. The lowest BCUT2D eigenvalue weighted by molar-refractivity contribution is -0.120. The number of carbonyl (C=O) groups is 1. The SMILES string of the molecule is CC[C@H]1N(Cc2cc(C)c(C)o2)CCC[C@]12CCC(=O)N2. The van der Waals surface area contributed by atoms with Crippen LogP contribution in [0.1, 0.15) is 56.1 Å². The summed E-state index contributed by atoms with van der Waals surface area (Å²) in [6, 6.07) is 2.57. The molecule has 1 amide bonds. The van der Waals surface area contributed by atoms with Crippen molar-refractivity contribution in [3.63, 3.8) is 0 Å². The van der Waals surface area contributed by atoms with Crippen LogP contribution in [0.25, 0.3) is 0 Å². The van der Waals surface area contributed by atoms with Crippen LogP contribution in [0.2, 0.25) is 0 Å². The molecule has 0 bridgehead atoms. The topological polar surface area (TPSA) is 45.5 Å². The van der Waals surface area contributed by atoms with Crippen molar-refractivity contribution in [3.8, 4) is 0 Å². The van der Waals surface area contributed by atoms with Crippen molar-refractivity contribution in [3.05, 3.63) is 23.2 Å². The highest BCUT2D eigenvalue weighted by Crippen LogP contribution is 2.37. The van der Waals surface area contributed by atoms with Crippen LogP contribution >= 0.6 is 0 Å². The molecule has 1 aromatic heterocycles. The Morgan fingerprint density at radius 1 is 1.43 bits per heavy atom. The molecule has 116 valence electrons. The molecule has 3 heterocycles. The van der Waals surface area contributed by atoms with E-state index >= 15 is 0 Å². The van der Waals surface area contributed by atoms with Crippen LogP contribution < -0.4 is 5.32 Å². The average Bonchev–Trinajstić information content (AvgIpc) is 2.94. The number of furan rings is 1. The quantitative estimate of drug-likeness (QED) is 0.931.